The van der Waals surface area contributed by atoms with Crippen LogP contribution in [0.1, 0.15) is 28.8 Å². The minimum absolute atomic E-state index is 0.200. The normalized spacial score (nSPS) is 15.6. The number of nitrogens with one attached hydrogen (secondary N) is 1. The third kappa shape index (κ3) is 3.03. The Hall–Kier alpha value is -1.22. The van der Waals surface area contributed by atoms with Crippen molar-refractivity contribution >= 4 is 40.7 Å². The van der Waals surface area contributed by atoms with Gasteiger partial charge in [0.2, 0.25) is 0 Å². The molecule has 2 aromatic rings. The minimum atomic E-state index is -0.328. The van der Waals surface area contributed by atoms with E-state index in [-0.39, 0.29) is 11.4 Å². The lowest BCUT2D eigenvalue weighted by molar-refractivity contribution is 0.0931. The van der Waals surface area contributed by atoms with E-state index in [9.17, 15) is 4.79 Å². The second-order valence-electron chi connectivity index (χ2n) is 5.17. The molecule has 1 aliphatic carbocycles. The molecule has 0 spiro atoms. The maximum absolute atomic E-state index is 12.4. The van der Waals surface area contributed by atoms with Gasteiger partial charge in [0.15, 0.2) is 0 Å². The highest BCUT2D eigenvalue weighted by Crippen LogP contribution is 2.46. The van der Waals surface area contributed by atoms with Crippen molar-refractivity contribution in [3.8, 4) is 0 Å². The van der Waals surface area contributed by atoms with E-state index in [2.05, 4.69) is 5.32 Å². The fraction of sp³-hybridized carbons (Fsp3) is 0.188. The number of hydrogen-bond acceptors (Lipinski definition) is 1. The topological polar surface area (TPSA) is 29.1 Å². The van der Waals surface area contributed by atoms with Crippen molar-refractivity contribution in [2.45, 2.75) is 18.4 Å². The van der Waals surface area contributed by atoms with Crippen LogP contribution in [0.2, 0.25) is 15.1 Å². The number of rotatable bonds is 3. The molecule has 21 heavy (non-hydrogen) atoms. The van der Waals surface area contributed by atoms with E-state index in [1.165, 1.54) is 0 Å². The fourth-order valence-corrected chi connectivity index (χ4v) is 3.04. The van der Waals surface area contributed by atoms with E-state index in [1.54, 1.807) is 18.2 Å². The van der Waals surface area contributed by atoms with Gasteiger partial charge in [0.25, 0.3) is 5.91 Å². The SMILES string of the molecule is O=C(NC1(c2cccc(Cl)c2)CC1)c1ccc(Cl)cc1Cl. The van der Waals surface area contributed by atoms with Gasteiger partial charge >= 0.3 is 0 Å². The van der Waals surface area contributed by atoms with E-state index < -0.39 is 0 Å². The predicted molar refractivity (Wildman–Crippen MR) is 86.3 cm³/mol. The van der Waals surface area contributed by atoms with Crippen molar-refractivity contribution in [1.82, 2.24) is 5.32 Å². The molecule has 0 aliphatic heterocycles. The van der Waals surface area contributed by atoms with Gasteiger partial charge in [0.05, 0.1) is 16.1 Å². The predicted octanol–water partition coefficient (Wildman–Crippen LogP) is 5.07. The molecular weight excluding hydrogens is 329 g/mol. The zero-order valence-corrected chi connectivity index (χ0v) is 13.3. The summed E-state index contributed by atoms with van der Waals surface area (Å²) in [4.78, 5) is 12.4. The molecule has 0 unspecified atom stereocenters. The van der Waals surface area contributed by atoms with Crippen molar-refractivity contribution in [2.24, 2.45) is 0 Å². The zero-order valence-electron chi connectivity index (χ0n) is 11.0. The molecule has 1 fully saturated rings. The van der Waals surface area contributed by atoms with Gasteiger partial charge in [0.1, 0.15) is 0 Å². The van der Waals surface area contributed by atoms with Crippen LogP contribution in [0.3, 0.4) is 0 Å². The highest BCUT2D eigenvalue weighted by Gasteiger charge is 2.46. The van der Waals surface area contributed by atoms with Gasteiger partial charge in [-0.15, -0.1) is 0 Å². The Kier molecular flexibility index (Phi) is 3.87. The molecule has 0 saturated heterocycles. The molecule has 0 atom stereocenters. The minimum Gasteiger partial charge on any atom is -0.342 e. The van der Waals surface area contributed by atoms with Crippen LogP contribution in [-0.2, 0) is 5.54 Å². The molecule has 0 heterocycles. The summed E-state index contributed by atoms with van der Waals surface area (Å²) < 4.78 is 0. The average Bonchev–Trinajstić information content (AvgIpc) is 3.19. The second-order valence-corrected chi connectivity index (χ2v) is 6.45. The third-order valence-corrected chi connectivity index (χ3v) is 4.44. The van der Waals surface area contributed by atoms with Crippen LogP contribution in [0.4, 0.5) is 0 Å². The number of hydrogen-bond donors (Lipinski definition) is 1. The van der Waals surface area contributed by atoms with Crippen LogP contribution in [0.5, 0.6) is 0 Å². The molecule has 0 bridgehead atoms. The molecule has 108 valence electrons. The van der Waals surface area contributed by atoms with Crippen LogP contribution in [0, 0.1) is 0 Å². The molecule has 2 nitrogen and oxygen atoms in total. The fourth-order valence-electron chi connectivity index (χ4n) is 2.36. The van der Waals surface area contributed by atoms with Gasteiger partial charge in [-0.1, -0.05) is 46.9 Å². The average molecular weight is 341 g/mol. The molecule has 1 amide bonds. The van der Waals surface area contributed by atoms with E-state index in [1.807, 2.05) is 24.3 Å². The number of carbonyl (C=O) groups excluding carboxylic acids is 1. The highest BCUT2D eigenvalue weighted by molar-refractivity contribution is 6.36. The Morgan fingerprint density at radius 3 is 2.33 bits per heavy atom. The monoisotopic (exact) mass is 339 g/mol. The highest BCUT2D eigenvalue weighted by atomic mass is 35.5. The third-order valence-electron chi connectivity index (χ3n) is 3.66. The summed E-state index contributed by atoms with van der Waals surface area (Å²) in [6.07, 6.45) is 1.79. The first-order valence-electron chi connectivity index (χ1n) is 6.54. The van der Waals surface area contributed by atoms with E-state index in [0.717, 1.165) is 18.4 Å². The van der Waals surface area contributed by atoms with Gasteiger partial charge < -0.3 is 5.32 Å². The van der Waals surface area contributed by atoms with Gasteiger partial charge in [-0.25, -0.2) is 0 Å². The summed E-state index contributed by atoms with van der Waals surface area (Å²) in [5, 5.41) is 4.58. The summed E-state index contributed by atoms with van der Waals surface area (Å²) in [7, 11) is 0. The van der Waals surface area contributed by atoms with Gasteiger partial charge in [-0.2, -0.15) is 0 Å². The van der Waals surface area contributed by atoms with Crippen LogP contribution < -0.4 is 5.32 Å². The number of amides is 1. The molecule has 5 heteroatoms. The summed E-state index contributed by atoms with van der Waals surface area (Å²) in [6.45, 7) is 0. The first-order chi connectivity index (χ1) is 10.00. The van der Waals surface area contributed by atoms with E-state index >= 15 is 0 Å². The Labute approximate surface area is 138 Å². The first kappa shape index (κ1) is 14.7. The quantitative estimate of drug-likeness (QED) is 0.830. The maximum Gasteiger partial charge on any atom is 0.253 e. The van der Waals surface area contributed by atoms with E-state index in [0.29, 0.717) is 20.6 Å². The smallest absolute Gasteiger partial charge is 0.253 e. The zero-order chi connectivity index (χ0) is 15.0. The molecule has 2 aromatic carbocycles. The largest absolute Gasteiger partial charge is 0.342 e. The Morgan fingerprint density at radius 1 is 1.00 bits per heavy atom. The van der Waals surface area contributed by atoms with Crippen LogP contribution in [0.25, 0.3) is 0 Å². The summed E-state index contributed by atoms with van der Waals surface area (Å²) in [5.74, 6) is -0.200. The summed E-state index contributed by atoms with van der Waals surface area (Å²) >= 11 is 18.0. The molecule has 0 aromatic heterocycles. The second kappa shape index (κ2) is 5.53. The molecule has 1 aliphatic rings. The van der Waals surface area contributed by atoms with Crippen LogP contribution >= 0.6 is 34.8 Å². The summed E-state index contributed by atoms with van der Waals surface area (Å²) in [5.41, 5.74) is 1.12. The number of halogens is 3. The Balaban J connectivity index is 1.84. The summed E-state index contributed by atoms with van der Waals surface area (Å²) in [6, 6.07) is 12.4. The van der Waals surface area contributed by atoms with Crippen LogP contribution in [-0.4, -0.2) is 5.91 Å². The first-order valence-corrected chi connectivity index (χ1v) is 7.67. The van der Waals surface area contributed by atoms with Crippen LogP contribution in [0.15, 0.2) is 42.5 Å². The lowest BCUT2D eigenvalue weighted by Gasteiger charge is -2.18. The lowest BCUT2D eigenvalue weighted by atomic mass is 10.0. The molecule has 3 rings (SSSR count). The van der Waals surface area contributed by atoms with Crippen molar-refractivity contribution in [3.63, 3.8) is 0 Å². The van der Waals surface area contributed by atoms with Gasteiger partial charge in [0, 0.05) is 10.0 Å². The van der Waals surface area contributed by atoms with Crippen molar-refractivity contribution in [1.29, 1.82) is 0 Å². The number of benzene rings is 2. The van der Waals surface area contributed by atoms with Crippen molar-refractivity contribution in [2.75, 3.05) is 0 Å². The molecular formula is C16H12Cl3NO. The molecule has 0 radical (unpaired) electrons. The van der Waals surface area contributed by atoms with Crippen molar-refractivity contribution in [3.05, 3.63) is 68.7 Å². The van der Waals surface area contributed by atoms with Gasteiger partial charge in [-0.05, 0) is 48.7 Å². The number of carbonyl (C=O) groups is 1. The Morgan fingerprint density at radius 2 is 1.71 bits per heavy atom. The lowest BCUT2D eigenvalue weighted by Crippen LogP contribution is -2.35. The molecule has 1 saturated carbocycles. The standard InChI is InChI=1S/C16H12Cl3NO/c17-11-3-1-2-10(8-11)16(6-7-16)20-15(21)13-5-4-12(18)9-14(13)19/h1-5,8-9H,6-7H2,(H,20,21). The van der Waals surface area contributed by atoms with Crippen molar-refractivity contribution < 1.29 is 4.79 Å². The van der Waals surface area contributed by atoms with E-state index in [4.69, 9.17) is 34.8 Å². The maximum atomic E-state index is 12.4. The van der Waals surface area contributed by atoms with Gasteiger partial charge in [-0.3, -0.25) is 4.79 Å². The Bertz CT molecular complexity index is 710. The molecule has 1 N–H and O–H groups in total.